The van der Waals surface area contributed by atoms with Crippen LogP contribution in [0.5, 0.6) is 5.75 Å². The van der Waals surface area contributed by atoms with Crippen LogP contribution in [0.4, 0.5) is 0 Å². The summed E-state index contributed by atoms with van der Waals surface area (Å²) in [6.07, 6.45) is 1.76. The van der Waals surface area contributed by atoms with Gasteiger partial charge in [0.1, 0.15) is 5.76 Å². The molecule has 0 N–H and O–H groups in total. The number of benzene rings is 2. The quantitative estimate of drug-likeness (QED) is 0.661. The van der Waals surface area contributed by atoms with E-state index in [0.29, 0.717) is 16.9 Å². The van der Waals surface area contributed by atoms with Gasteiger partial charge in [0.05, 0.1) is 7.11 Å². The molecule has 0 fully saturated rings. The largest absolute Gasteiger partial charge is 0.493 e. The molecule has 2 aromatic carbocycles. The zero-order chi connectivity index (χ0) is 14.8. The van der Waals surface area contributed by atoms with E-state index < -0.39 is 0 Å². The van der Waals surface area contributed by atoms with Crippen molar-refractivity contribution < 1.29 is 13.9 Å². The SMILES string of the molecule is CCc1ccccc1-c1cc2c(C=O)ccc(OC)c2o1. The molecule has 0 amide bonds. The lowest BCUT2D eigenvalue weighted by Crippen LogP contribution is -1.86. The molecule has 1 heterocycles. The zero-order valence-corrected chi connectivity index (χ0v) is 12.1. The number of furan rings is 1. The molecule has 0 aliphatic carbocycles. The van der Waals surface area contributed by atoms with Gasteiger partial charge in [0, 0.05) is 16.5 Å². The average molecular weight is 280 g/mol. The maximum atomic E-state index is 11.2. The molecule has 0 saturated carbocycles. The van der Waals surface area contributed by atoms with Crippen LogP contribution in [-0.2, 0) is 6.42 Å². The van der Waals surface area contributed by atoms with Gasteiger partial charge in [0.15, 0.2) is 17.6 Å². The summed E-state index contributed by atoms with van der Waals surface area (Å²) in [4.78, 5) is 11.2. The topological polar surface area (TPSA) is 39.4 Å². The Hall–Kier alpha value is -2.55. The number of ether oxygens (including phenoxy) is 1. The van der Waals surface area contributed by atoms with Gasteiger partial charge in [0.2, 0.25) is 0 Å². The Morgan fingerprint density at radius 1 is 1.19 bits per heavy atom. The smallest absolute Gasteiger partial charge is 0.177 e. The van der Waals surface area contributed by atoms with Gasteiger partial charge in [-0.05, 0) is 30.2 Å². The van der Waals surface area contributed by atoms with Crippen molar-refractivity contribution in [2.75, 3.05) is 7.11 Å². The van der Waals surface area contributed by atoms with Gasteiger partial charge in [-0.25, -0.2) is 0 Å². The third kappa shape index (κ3) is 2.21. The van der Waals surface area contributed by atoms with Gasteiger partial charge in [-0.15, -0.1) is 0 Å². The second kappa shape index (κ2) is 5.44. The predicted octanol–water partition coefficient (Wildman–Crippen LogP) is 4.48. The highest BCUT2D eigenvalue weighted by Gasteiger charge is 2.15. The van der Waals surface area contributed by atoms with Crippen LogP contribution in [0.3, 0.4) is 0 Å². The first kappa shape index (κ1) is 13.4. The van der Waals surface area contributed by atoms with Gasteiger partial charge < -0.3 is 9.15 Å². The Kier molecular flexibility index (Phi) is 3.48. The van der Waals surface area contributed by atoms with Crippen molar-refractivity contribution in [2.24, 2.45) is 0 Å². The van der Waals surface area contributed by atoms with Gasteiger partial charge >= 0.3 is 0 Å². The summed E-state index contributed by atoms with van der Waals surface area (Å²) in [5, 5.41) is 0.783. The van der Waals surface area contributed by atoms with Crippen molar-refractivity contribution in [3.05, 3.63) is 53.6 Å². The van der Waals surface area contributed by atoms with Crippen LogP contribution in [0.2, 0.25) is 0 Å². The molecule has 0 aliphatic rings. The van der Waals surface area contributed by atoms with Crippen LogP contribution in [0.25, 0.3) is 22.3 Å². The second-order valence-corrected chi connectivity index (χ2v) is 4.84. The Bertz CT molecular complexity index is 799. The van der Waals surface area contributed by atoms with Crippen LogP contribution in [0.15, 0.2) is 46.9 Å². The van der Waals surface area contributed by atoms with E-state index in [0.717, 1.165) is 29.4 Å². The minimum absolute atomic E-state index is 0.606. The Labute approximate surface area is 123 Å². The molecule has 0 bridgehead atoms. The summed E-state index contributed by atoms with van der Waals surface area (Å²) in [6.45, 7) is 2.11. The molecule has 1 aromatic heterocycles. The Morgan fingerprint density at radius 2 is 2.00 bits per heavy atom. The van der Waals surface area contributed by atoms with E-state index in [4.69, 9.17) is 9.15 Å². The highest BCUT2D eigenvalue weighted by molar-refractivity contribution is 6.00. The molecule has 21 heavy (non-hydrogen) atoms. The number of hydrogen-bond acceptors (Lipinski definition) is 3. The first-order valence-electron chi connectivity index (χ1n) is 6.92. The van der Waals surface area contributed by atoms with Crippen LogP contribution in [0.1, 0.15) is 22.8 Å². The molecule has 3 heteroatoms. The molecule has 0 spiro atoms. The third-order valence-electron chi connectivity index (χ3n) is 3.69. The lowest BCUT2D eigenvalue weighted by Gasteiger charge is -2.04. The fraction of sp³-hybridized carbons (Fsp3) is 0.167. The first-order chi connectivity index (χ1) is 10.3. The van der Waals surface area contributed by atoms with Gasteiger partial charge in [-0.2, -0.15) is 0 Å². The number of fused-ring (bicyclic) bond motifs is 1. The van der Waals surface area contributed by atoms with Crippen molar-refractivity contribution in [3.8, 4) is 17.1 Å². The lowest BCUT2D eigenvalue weighted by molar-refractivity contribution is 0.112. The molecule has 3 rings (SSSR count). The van der Waals surface area contributed by atoms with E-state index in [1.165, 1.54) is 5.56 Å². The fourth-order valence-electron chi connectivity index (χ4n) is 2.58. The lowest BCUT2D eigenvalue weighted by atomic mass is 10.0. The van der Waals surface area contributed by atoms with Gasteiger partial charge in [-0.1, -0.05) is 31.2 Å². The molecular formula is C18H16O3. The normalized spacial score (nSPS) is 10.8. The van der Waals surface area contributed by atoms with Crippen LogP contribution < -0.4 is 4.74 Å². The molecule has 0 unspecified atom stereocenters. The number of carbonyl (C=O) groups excluding carboxylic acids is 1. The summed E-state index contributed by atoms with van der Waals surface area (Å²) in [5.74, 6) is 1.39. The number of carbonyl (C=O) groups is 1. The van der Waals surface area contributed by atoms with Gasteiger partial charge in [0.25, 0.3) is 0 Å². The van der Waals surface area contributed by atoms with Crippen LogP contribution >= 0.6 is 0 Å². The highest BCUT2D eigenvalue weighted by atomic mass is 16.5. The maximum Gasteiger partial charge on any atom is 0.177 e. The van der Waals surface area contributed by atoms with Crippen molar-refractivity contribution >= 4 is 17.3 Å². The molecule has 0 atom stereocenters. The summed E-state index contributed by atoms with van der Waals surface area (Å²) >= 11 is 0. The molecule has 106 valence electrons. The summed E-state index contributed by atoms with van der Waals surface area (Å²) < 4.78 is 11.3. The van der Waals surface area contributed by atoms with E-state index >= 15 is 0 Å². The minimum atomic E-state index is 0.606. The number of aryl methyl sites for hydroxylation is 1. The molecule has 3 aromatic rings. The number of methoxy groups -OCH3 is 1. The van der Waals surface area contributed by atoms with Crippen LogP contribution in [-0.4, -0.2) is 13.4 Å². The predicted molar refractivity (Wildman–Crippen MR) is 83.0 cm³/mol. The summed E-state index contributed by atoms with van der Waals surface area (Å²) in [7, 11) is 1.59. The number of aldehydes is 1. The van der Waals surface area contributed by atoms with Gasteiger partial charge in [-0.3, -0.25) is 4.79 Å². The fourth-order valence-corrected chi connectivity index (χ4v) is 2.58. The van der Waals surface area contributed by atoms with E-state index in [9.17, 15) is 4.79 Å². The van der Waals surface area contributed by atoms with E-state index in [1.807, 2.05) is 24.3 Å². The first-order valence-corrected chi connectivity index (χ1v) is 6.92. The zero-order valence-electron chi connectivity index (χ0n) is 12.1. The highest BCUT2D eigenvalue weighted by Crippen LogP contribution is 2.36. The van der Waals surface area contributed by atoms with Crippen molar-refractivity contribution in [1.29, 1.82) is 0 Å². The molecule has 0 radical (unpaired) electrons. The number of rotatable bonds is 4. The molecular weight excluding hydrogens is 264 g/mol. The average Bonchev–Trinajstić information content (AvgIpc) is 2.98. The van der Waals surface area contributed by atoms with Crippen molar-refractivity contribution in [2.45, 2.75) is 13.3 Å². The molecule has 0 aliphatic heterocycles. The van der Waals surface area contributed by atoms with E-state index in [1.54, 1.807) is 19.2 Å². The van der Waals surface area contributed by atoms with E-state index in [2.05, 4.69) is 13.0 Å². The van der Waals surface area contributed by atoms with Crippen molar-refractivity contribution in [1.82, 2.24) is 0 Å². The Morgan fingerprint density at radius 3 is 2.71 bits per heavy atom. The van der Waals surface area contributed by atoms with Crippen LogP contribution in [0, 0.1) is 0 Å². The monoisotopic (exact) mass is 280 g/mol. The Balaban J connectivity index is 2.28. The molecule has 0 saturated heterocycles. The second-order valence-electron chi connectivity index (χ2n) is 4.84. The van der Waals surface area contributed by atoms with Crippen molar-refractivity contribution in [3.63, 3.8) is 0 Å². The van der Waals surface area contributed by atoms with E-state index in [-0.39, 0.29) is 0 Å². The number of hydrogen-bond donors (Lipinski definition) is 0. The summed E-state index contributed by atoms with van der Waals surface area (Å²) in [5.41, 5.74) is 3.48. The molecule has 3 nitrogen and oxygen atoms in total. The third-order valence-corrected chi connectivity index (χ3v) is 3.69. The summed E-state index contributed by atoms with van der Waals surface area (Å²) in [6, 6.07) is 13.5. The standard InChI is InChI=1S/C18H16O3/c1-3-12-6-4-5-7-14(12)17-10-15-13(11-19)8-9-16(20-2)18(15)21-17/h4-11H,3H2,1-2H3. The minimum Gasteiger partial charge on any atom is -0.493 e. The maximum absolute atomic E-state index is 11.2.